The first-order valence-corrected chi connectivity index (χ1v) is 10.2. The number of aromatic nitrogens is 1. The summed E-state index contributed by atoms with van der Waals surface area (Å²) in [4.78, 5) is 30.5. The summed E-state index contributed by atoms with van der Waals surface area (Å²) in [6.07, 6.45) is 1.44. The Morgan fingerprint density at radius 3 is 2.68 bits per heavy atom. The van der Waals surface area contributed by atoms with Gasteiger partial charge in [-0.05, 0) is 55.3 Å². The van der Waals surface area contributed by atoms with Gasteiger partial charge >= 0.3 is 0 Å². The smallest absolute Gasteiger partial charge is 0.257 e. The van der Waals surface area contributed by atoms with Crippen LogP contribution >= 0.6 is 27.3 Å². The number of amides is 2. The molecule has 3 aromatic rings. The van der Waals surface area contributed by atoms with Gasteiger partial charge in [-0.15, -0.1) is 11.3 Å². The van der Waals surface area contributed by atoms with Gasteiger partial charge in [0.05, 0.1) is 11.6 Å². The summed E-state index contributed by atoms with van der Waals surface area (Å²) in [6.45, 7) is 0. The third kappa shape index (κ3) is 3.98. The van der Waals surface area contributed by atoms with Crippen LogP contribution in [0.5, 0.6) is 0 Å². The van der Waals surface area contributed by atoms with Gasteiger partial charge in [0, 0.05) is 20.6 Å². The lowest BCUT2D eigenvalue weighted by Crippen LogP contribution is -2.20. The highest BCUT2D eigenvalue weighted by Gasteiger charge is 2.33. The number of aryl methyl sites for hydroxylation is 1. The quantitative estimate of drug-likeness (QED) is 0.578. The van der Waals surface area contributed by atoms with E-state index in [-0.39, 0.29) is 17.7 Å². The van der Waals surface area contributed by atoms with Crippen LogP contribution in [0, 0.1) is 5.82 Å². The fourth-order valence-corrected chi connectivity index (χ4v) is 4.53. The van der Waals surface area contributed by atoms with Crippen LogP contribution in [-0.2, 0) is 11.2 Å². The largest absolute Gasteiger partial charge is 0.325 e. The van der Waals surface area contributed by atoms with Crippen molar-refractivity contribution in [2.24, 2.45) is 0 Å². The number of anilines is 2. The van der Waals surface area contributed by atoms with Crippen LogP contribution in [0.15, 0.2) is 53.0 Å². The molecule has 0 radical (unpaired) electrons. The number of hydrogen-bond acceptors (Lipinski definition) is 4. The molecule has 0 saturated carbocycles. The van der Waals surface area contributed by atoms with Gasteiger partial charge in [0.1, 0.15) is 5.82 Å². The molecule has 2 aromatic carbocycles. The van der Waals surface area contributed by atoms with Gasteiger partial charge in [-0.1, -0.05) is 22.0 Å². The van der Waals surface area contributed by atoms with Crippen molar-refractivity contribution in [3.8, 4) is 0 Å². The monoisotopic (exact) mass is 459 g/mol. The minimum atomic E-state index is -0.399. The Kier molecular flexibility index (Phi) is 5.23. The highest BCUT2D eigenvalue weighted by Crippen LogP contribution is 2.39. The Hall–Kier alpha value is -2.58. The number of thiazole rings is 1. The third-order valence-electron chi connectivity index (χ3n) is 4.45. The molecule has 1 aliphatic rings. The summed E-state index contributed by atoms with van der Waals surface area (Å²) in [5.74, 6) is -1.22. The average Bonchev–Trinajstić information content (AvgIpc) is 3.22. The zero-order valence-corrected chi connectivity index (χ0v) is 16.9. The molecule has 0 spiro atoms. The lowest BCUT2D eigenvalue weighted by Gasteiger charge is -2.11. The van der Waals surface area contributed by atoms with Gasteiger partial charge in [-0.3, -0.25) is 14.9 Å². The van der Waals surface area contributed by atoms with Gasteiger partial charge in [-0.25, -0.2) is 9.37 Å². The maximum atomic E-state index is 13.0. The maximum Gasteiger partial charge on any atom is 0.257 e. The molecule has 0 aliphatic heterocycles. The number of benzene rings is 2. The Morgan fingerprint density at radius 1 is 1.14 bits per heavy atom. The molecule has 4 rings (SSSR count). The second kappa shape index (κ2) is 7.81. The standard InChI is InChI=1S/C20H15BrFN3O2S/c21-12-2-1-3-14(10-12)23-19(27)15-8-9-16-17(15)24-20(28-16)25-18(26)11-4-6-13(22)7-5-11/h1-7,10,15H,8-9H2,(H,23,27)(H,24,25,26). The molecule has 28 heavy (non-hydrogen) atoms. The van der Waals surface area contributed by atoms with E-state index in [4.69, 9.17) is 0 Å². The Bertz CT molecular complexity index is 1050. The predicted molar refractivity (Wildman–Crippen MR) is 110 cm³/mol. The Morgan fingerprint density at radius 2 is 1.93 bits per heavy atom. The molecule has 1 unspecified atom stereocenters. The third-order valence-corrected chi connectivity index (χ3v) is 5.99. The normalized spacial score (nSPS) is 15.1. The molecule has 5 nitrogen and oxygen atoms in total. The zero-order valence-electron chi connectivity index (χ0n) is 14.5. The molecule has 0 saturated heterocycles. The number of fused-ring (bicyclic) bond motifs is 1. The van der Waals surface area contributed by atoms with Crippen molar-refractivity contribution in [1.29, 1.82) is 0 Å². The van der Waals surface area contributed by atoms with Crippen LogP contribution in [0.3, 0.4) is 0 Å². The number of nitrogens with zero attached hydrogens (tertiary/aromatic N) is 1. The van der Waals surface area contributed by atoms with E-state index >= 15 is 0 Å². The molecule has 0 fully saturated rings. The van der Waals surface area contributed by atoms with Gasteiger partial charge in [-0.2, -0.15) is 0 Å². The van der Waals surface area contributed by atoms with Crippen molar-refractivity contribution in [3.63, 3.8) is 0 Å². The molecule has 2 N–H and O–H groups in total. The topological polar surface area (TPSA) is 71.1 Å². The molecule has 142 valence electrons. The first-order valence-electron chi connectivity index (χ1n) is 8.62. The number of carbonyl (C=O) groups excluding carboxylic acids is 2. The van der Waals surface area contributed by atoms with E-state index in [1.165, 1.54) is 35.6 Å². The molecule has 1 heterocycles. The lowest BCUT2D eigenvalue weighted by molar-refractivity contribution is -0.117. The number of rotatable bonds is 4. The molecule has 1 aliphatic carbocycles. The van der Waals surface area contributed by atoms with Crippen LogP contribution < -0.4 is 10.6 Å². The van der Waals surface area contributed by atoms with Gasteiger partial charge in [0.25, 0.3) is 5.91 Å². The lowest BCUT2D eigenvalue weighted by atomic mass is 10.1. The first-order chi connectivity index (χ1) is 13.5. The van der Waals surface area contributed by atoms with Crippen molar-refractivity contribution in [1.82, 2.24) is 4.98 Å². The predicted octanol–water partition coefficient (Wildman–Crippen LogP) is 4.97. The summed E-state index contributed by atoms with van der Waals surface area (Å²) < 4.78 is 13.9. The molecular weight excluding hydrogens is 445 g/mol. The number of carbonyl (C=O) groups is 2. The minimum absolute atomic E-state index is 0.112. The van der Waals surface area contributed by atoms with E-state index in [2.05, 4.69) is 31.5 Å². The fraction of sp³-hybridized carbons (Fsp3) is 0.150. The van der Waals surface area contributed by atoms with Crippen molar-refractivity contribution >= 4 is 49.9 Å². The summed E-state index contributed by atoms with van der Waals surface area (Å²) in [5, 5.41) is 6.10. The van der Waals surface area contributed by atoms with Crippen LogP contribution in [0.25, 0.3) is 0 Å². The summed E-state index contributed by atoms with van der Waals surface area (Å²) >= 11 is 4.76. The van der Waals surface area contributed by atoms with Crippen LogP contribution in [0.4, 0.5) is 15.2 Å². The van der Waals surface area contributed by atoms with Crippen LogP contribution in [0.1, 0.15) is 33.3 Å². The van der Waals surface area contributed by atoms with E-state index in [1.54, 1.807) is 0 Å². The first kappa shape index (κ1) is 18.8. The highest BCUT2D eigenvalue weighted by atomic mass is 79.9. The van der Waals surface area contributed by atoms with Crippen LogP contribution in [0.2, 0.25) is 0 Å². The van der Waals surface area contributed by atoms with Crippen molar-refractivity contribution in [2.45, 2.75) is 18.8 Å². The second-order valence-electron chi connectivity index (χ2n) is 6.38. The van der Waals surface area contributed by atoms with Gasteiger partial charge in [0.2, 0.25) is 5.91 Å². The number of halogens is 2. The van der Waals surface area contributed by atoms with Crippen molar-refractivity contribution < 1.29 is 14.0 Å². The molecule has 8 heteroatoms. The molecule has 1 aromatic heterocycles. The minimum Gasteiger partial charge on any atom is -0.325 e. The molecular formula is C20H15BrFN3O2S. The van der Waals surface area contributed by atoms with E-state index in [1.807, 2.05) is 24.3 Å². The maximum absolute atomic E-state index is 13.0. The number of hydrogen-bond donors (Lipinski definition) is 2. The zero-order chi connectivity index (χ0) is 19.7. The summed E-state index contributed by atoms with van der Waals surface area (Å²) in [6, 6.07) is 12.7. The summed E-state index contributed by atoms with van der Waals surface area (Å²) in [5.41, 5.74) is 1.78. The number of nitrogens with one attached hydrogen (secondary N) is 2. The van der Waals surface area contributed by atoms with Crippen molar-refractivity contribution in [2.75, 3.05) is 10.6 Å². The summed E-state index contributed by atoms with van der Waals surface area (Å²) in [7, 11) is 0. The Labute approximate surface area is 173 Å². The van der Waals surface area contributed by atoms with Crippen molar-refractivity contribution in [3.05, 3.63) is 75.0 Å². The SMILES string of the molecule is O=C(Nc1nc2c(s1)CCC2C(=O)Nc1cccc(Br)c1)c1ccc(F)cc1. The second-order valence-corrected chi connectivity index (χ2v) is 8.38. The average molecular weight is 460 g/mol. The highest BCUT2D eigenvalue weighted by molar-refractivity contribution is 9.10. The molecule has 1 atom stereocenters. The fourth-order valence-electron chi connectivity index (χ4n) is 3.10. The van der Waals surface area contributed by atoms with Crippen LogP contribution in [-0.4, -0.2) is 16.8 Å². The van der Waals surface area contributed by atoms with Gasteiger partial charge < -0.3 is 5.32 Å². The van der Waals surface area contributed by atoms with E-state index in [9.17, 15) is 14.0 Å². The van der Waals surface area contributed by atoms with E-state index < -0.39 is 5.82 Å². The Balaban J connectivity index is 1.47. The van der Waals surface area contributed by atoms with Gasteiger partial charge in [0.15, 0.2) is 5.13 Å². The molecule has 2 amide bonds. The van der Waals surface area contributed by atoms with E-state index in [0.29, 0.717) is 28.5 Å². The molecule has 0 bridgehead atoms. The van der Waals surface area contributed by atoms with E-state index in [0.717, 1.165) is 15.8 Å².